The van der Waals surface area contributed by atoms with E-state index in [0.717, 1.165) is 20.5 Å². The number of nitrogens with two attached hydrogens (primary N) is 1. The number of thiophene rings is 1. The fraction of sp³-hybridized carbons (Fsp3) is 0.235. The molecule has 1 heterocycles. The van der Waals surface area contributed by atoms with Gasteiger partial charge in [-0.3, -0.25) is 14.9 Å². The van der Waals surface area contributed by atoms with E-state index in [1.165, 1.54) is 11.3 Å². The van der Waals surface area contributed by atoms with Crippen molar-refractivity contribution >= 4 is 61.4 Å². The summed E-state index contributed by atoms with van der Waals surface area (Å²) in [6.45, 7) is 5.82. The number of hydrogen-bond acceptors (Lipinski definition) is 4. The van der Waals surface area contributed by atoms with Crippen LogP contribution in [0.5, 0.6) is 0 Å². The lowest BCUT2D eigenvalue weighted by atomic mass is 10.1. The molecule has 0 bridgehead atoms. The predicted octanol–water partition coefficient (Wildman–Crippen LogP) is 3.92. The third kappa shape index (κ3) is 4.45. The molecule has 0 saturated carbocycles. The van der Waals surface area contributed by atoms with E-state index in [4.69, 9.17) is 18.0 Å². The van der Waals surface area contributed by atoms with Gasteiger partial charge in [-0.05, 0) is 55.7 Å². The number of anilines is 1. The van der Waals surface area contributed by atoms with Crippen molar-refractivity contribution in [2.24, 2.45) is 5.73 Å². The molecule has 25 heavy (non-hydrogen) atoms. The van der Waals surface area contributed by atoms with Gasteiger partial charge in [0.05, 0.1) is 5.56 Å². The maximum atomic E-state index is 12.3. The van der Waals surface area contributed by atoms with Crippen LogP contribution >= 0.6 is 39.5 Å². The normalized spacial score (nSPS) is 10.4. The third-order valence-electron chi connectivity index (χ3n) is 3.70. The van der Waals surface area contributed by atoms with E-state index in [0.29, 0.717) is 22.5 Å². The Balaban J connectivity index is 2.16. The Kier molecular flexibility index (Phi) is 6.31. The number of benzene rings is 1. The first-order valence-corrected chi connectivity index (χ1v) is 9.56. The average molecular weight is 440 g/mol. The van der Waals surface area contributed by atoms with Gasteiger partial charge in [-0.2, -0.15) is 0 Å². The number of nitrogens with one attached hydrogen (secondary N) is 2. The highest BCUT2D eigenvalue weighted by molar-refractivity contribution is 9.10. The minimum absolute atomic E-state index is 0.119. The van der Waals surface area contributed by atoms with Gasteiger partial charge in [0.1, 0.15) is 5.00 Å². The summed E-state index contributed by atoms with van der Waals surface area (Å²) in [6.07, 6.45) is 0.693. The second kappa shape index (κ2) is 8.07. The van der Waals surface area contributed by atoms with Gasteiger partial charge in [0.2, 0.25) is 0 Å². The molecule has 0 unspecified atom stereocenters. The molecule has 2 amide bonds. The Morgan fingerprint density at radius 3 is 2.56 bits per heavy atom. The summed E-state index contributed by atoms with van der Waals surface area (Å²) < 4.78 is 0.844. The number of amides is 2. The van der Waals surface area contributed by atoms with E-state index in [1.54, 1.807) is 12.1 Å². The van der Waals surface area contributed by atoms with Crippen LogP contribution in [0.15, 0.2) is 22.7 Å². The Morgan fingerprint density at radius 1 is 1.32 bits per heavy atom. The standard InChI is InChI=1S/C17H18BrN3O2S2/c1-4-11-9(3)25-16(13(11)14(19)22)21-17(24)20-15(23)10-6-5-8(2)12(18)7-10/h5-7H,4H2,1-3H3,(H2,19,22)(H2,20,21,23,24). The van der Waals surface area contributed by atoms with Gasteiger partial charge in [-0.1, -0.05) is 28.9 Å². The quantitative estimate of drug-likeness (QED) is 0.630. The smallest absolute Gasteiger partial charge is 0.257 e. The summed E-state index contributed by atoms with van der Waals surface area (Å²) in [7, 11) is 0. The van der Waals surface area contributed by atoms with E-state index in [-0.39, 0.29) is 11.0 Å². The minimum Gasteiger partial charge on any atom is -0.365 e. The summed E-state index contributed by atoms with van der Waals surface area (Å²) in [5.41, 5.74) is 8.34. The summed E-state index contributed by atoms with van der Waals surface area (Å²) in [6, 6.07) is 5.29. The second-order valence-corrected chi connectivity index (χ2v) is 7.92. The maximum Gasteiger partial charge on any atom is 0.257 e. The Labute approximate surface area is 164 Å². The fourth-order valence-corrected chi connectivity index (χ4v) is 4.19. The number of carbonyl (C=O) groups is 2. The SMILES string of the molecule is CCc1c(C)sc(NC(=S)NC(=O)c2ccc(C)c(Br)c2)c1C(N)=O. The summed E-state index contributed by atoms with van der Waals surface area (Å²) in [4.78, 5) is 25.1. The summed E-state index contributed by atoms with van der Waals surface area (Å²) >= 11 is 10.00. The number of halogens is 1. The highest BCUT2D eigenvalue weighted by Gasteiger charge is 2.20. The van der Waals surface area contributed by atoms with Crippen LogP contribution in [0, 0.1) is 13.8 Å². The molecule has 8 heteroatoms. The highest BCUT2D eigenvalue weighted by atomic mass is 79.9. The van der Waals surface area contributed by atoms with Crippen LogP contribution < -0.4 is 16.4 Å². The Hall–Kier alpha value is -1.77. The molecule has 0 aliphatic carbocycles. The molecule has 1 aromatic heterocycles. The molecule has 0 aliphatic rings. The lowest BCUT2D eigenvalue weighted by Crippen LogP contribution is -2.34. The number of carbonyl (C=O) groups excluding carboxylic acids is 2. The molecule has 0 saturated heterocycles. The van der Waals surface area contributed by atoms with Gasteiger partial charge in [0.15, 0.2) is 5.11 Å². The zero-order valence-corrected chi connectivity index (χ0v) is 17.2. The van der Waals surface area contributed by atoms with Crippen molar-refractivity contribution < 1.29 is 9.59 Å². The molecule has 0 atom stereocenters. The van der Waals surface area contributed by atoms with Gasteiger partial charge < -0.3 is 11.1 Å². The first-order valence-electron chi connectivity index (χ1n) is 7.55. The molecular weight excluding hydrogens is 422 g/mol. The van der Waals surface area contributed by atoms with Crippen LogP contribution in [0.3, 0.4) is 0 Å². The molecular formula is C17H18BrN3O2S2. The predicted molar refractivity (Wildman–Crippen MR) is 110 cm³/mol. The highest BCUT2D eigenvalue weighted by Crippen LogP contribution is 2.33. The molecule has 0 fully saturated rings. The van der Waals surface area contributed by atoms with E-state index in [9.17, 15) is 9.59 Å². The molecule has 0 aliphatic heterocycles. The first-order chi connectivity index (χ1) is 11.7. The lowest BCUT2D eigenvalue weighted by molar-refractivity contribution is 0.0975. The Morgan fingerprint density at radius 2 is 2.00 bits per heavy atom. The summed E-state index contributed by atoms with van der Waals surface area (Å²) in [5, 5.41) is 6.21. The minimum atomic E-state index is -0.514. The number of primary amides is 1. The molecule has 4 N–H and O–H groups in total. The van der Waals surface area contributed by atoms with Crippen LogP contribution in [-0.4, -0.2) is 16.9 Å². The average Bonchev–Trinajstić information content (AvgIpc) is 2.84. The van der Waals surface area contributed by atoms with Crippen molar-refractivity contribution in [3.05, 3.63) is 49.8 Å². The molecule has 2 aromatic rings. The maximum absolute atomic E-state index is 12.3. The largest absolute Gasteiger partial charge is 0.365 e. The van der Waals surface area contributed by atoms with E-state index < -0.39 is 5.91 Å². The van der Waals surface area contributed by atoms with Crippen molar-refractivity contribution in [1.29, 1.82) is 0 Å². The molecule has 5 nitrogen and oxygen atoms in total. The lowest BCUT2D eigenvalue weighted by Gasteiger charge is -2.10. The zero-order chi connectivity index (χ0) is 18.7. The van der Waals surface area contributed by atoms with E-state index >= 15 is 0 Å². The monoisotopic (exact) mass is 439 g/mol. The van der Waals surface area contributed by atoms with Gasteiger partial charge in [-0.25, -0.2) is 0 Å². The van der Waals surface area contributed by atoms with Crippen molar-refractivity contribution in [2.45, 2.75) is 27.2 Å². The number of thiocarbonyl (C=S) groups is 1. The van der Waals surface area contributed by atoms with Crippen LogP contribution in [0.25, 0.3) is 0 Å². The number of aryl methyl sites for hydroxylation is 2. The van der Waals surface area contributed by atoms with Crippen molar-refractivity contribution in [3.8, 4) is 0 Å². The van der Waals surface area contributed by atoms with Gasteiger partial charge >= 0.3 is 0 Å². The number of hydrogen-bond donors (Lipinski definition) is 3. The van der Waals surface area contributed by atoms with Gasteiger partial charge in [0.25, 0.3) is 11.8 Å². The topological polar surface area (TPSA) is 84.2 Å². The van der Waals surface area contributed by atoms with Crippen LogP contribution in [0.2, 0.25) is 0 Å². The Bertz CT molecular complexity index is 862. The van der Waals surface area contributed by atoms with Crippen molar-refractivity contribution in [1.82, 2.24) is 5.32 Å². The van der Waals surface area contributed by atoms with Crippen molar-refractivity contribution in [2.75, 3.05) is 5.32 Å². The third-order valence-corrected chi connectivity index (χ3v) is 5.82. The van der Waals surface area contributed by atoms with Gasteiger partial charge in [0, 0.05) is 14.9 Å². The molecule has 0 spiro atoms. The molecule has 132 valence electrons. The van der Waals surface area contributed by atoms with Crippen molar-refractivity contribution in [3.63, 3.8) is 0 Å². The first kappa shape index (κ1) is 19.6. The molecule has 0 radical (unpaired) electrons. The number of rotatable bonds is 4. The molecule has 2 rings (SSSR count). The second-order valence-electron chi connectivity index (χ2n) is 5.43. The van der Waals surface area contributed by atoms with Crippen LogP contribution in [-0.2, 0) is 6.42 Å². The zero-order valence-electron chi connectivity index (χ0n) is 14.0. The summed E-state index contributed by atoms with van der Waals surface area (Å²) in [5.74, 6) is -0.844. The van der Waals surface area contributed by atoms with Gasteiger partial charge in [-0.15, -0.1) is 11.3 Å². The fourth-order valence-electron chi connectivity index (χ4n) is 2.40. The van der Waals surface area contributed by atoms with Crippen LogP contribution in [0.1, 0.15) is 43.6 Å². The molecule has 1 aromatic carbocycles. The van der Waals surface area contributed by atoms with E-state index in [2.05, 4.69) is 26.6 Å². The van der Waals surface area contributed by atoms with E-state index in [1.807, 2.05) is 26.8 Å². The van der Waals surface area contributed by atoms with Crippen LogP contribution in [0.4, 0.5) is 5.00 Å².